The van der Waals surface area contributed by atoms with Gasteiger partial charge in [0.2, 0.25) is 5.91 Å². The predicted octanol–water partition coefficient (Wildman–Crippen LogP) is 2.48. The van der Waals surface area contributed by atoms with Gasteiger partial charge in [-0.1, -0.05) is 18.2 Å². The van der Waals surface area contributed by atoms with Gasteiger partial charge in [-0.3, -0.25) is 9.69 Å². The van der Waals surface area contributed by atoms with E-state index in [0.29, 0.717) is 18.7 Å². The second-order valence-corrected chi connectivity index (χ2v) is 7.38. The Balaban J connectivity index is 1.52. The van der Waals surface area contributed by atoms with Gasteiger partial charge in [-0.15, -0.1) is 11.3 Å². The lowest BCUT2D eigenvalue weighted by Gasteiger charge is -2.27. The van der Waals surface area contributed by atoms with Crippen molar-refractivity contribution in [2.45, 2.75) is 25.4 Å². The van der Waals surface area contributed by atoms with E-state index in [-0.39, 0.29) is 12.1 Å². The van der Waals surface area contributed by atoms with Crippen LogP contribution in [0.25, 0.3) is 0 Å². The Morgan fingerprint density at radius 1 is 1.15 bits per heavy atom. The number of hydrogen-bond acceptors (Lipinski definition) is 4. The Labute approximate surface area is 157 Å². The van der Waals surface area contributed by atoms with Crippen LogP contribution in [0.15, 0.2) is 41.8 Å². The minimum Gasteiger partial charge on any atom is -0.366 e. The van der Waals surface area contributed by atoms with Crippen molar-refractivity contribution in [2.75, 3.05) is 19.6 Å². The first-order valence-electron chi connectivity index (χ1n) is 8.81. The standard InChI is InChI=1S/C19H24N4O2S/c20-18(24)15-6-3-5-14(11-15)12-21-19(25)22-13-16(17-7-4-10-26-17)23-8-1-2-9-23/h3-7,10-11,16H,1-2,8-9,12-13H2,(H2,20,24)(H2,21,22,25). The van der Waals surface area contributed by atoms with E-state index in [0.717, 1.165) is 18.7 Å². The third kappa shape index (κ3) is 4.83. The highest BCUT2D eigenvalue weighted by Gasteiger charge is 2.24. The number of thiophene rings is 1. The van der Waals surface area contributed by atoms with Crippen LogP contribution in [-0.2, 0) is 6.54 Å². The zero-order valence-corrected chi connectivity index (χ0v) is 15.4. The fourth-order valence-corrected chi connectivity index (χ4v) is 4.07. The molecule has 1 unspecified atom stereocenters. The zero-order chi connectivity index (χ0) is 18.4. The Morgan fingerprint density at radius 2 is 1.96 bits per heavy atom. The summed E-state index contributed by atoms with van der Waals surface area (Å²) in [5, 5.41) is 7.89. The third-order valence-electron chi connectivity index (χ3n) is 4.57. The quantitative estimate of drug-likeness (QED) is 0.698. The van der Waals surface area contributed by atoms with E-state index < -0.39 is 5.91 Å². The van der Waals surface area contributed by atoms with E-state index in [1.165, 1.54) is 17.7 Å². The number of carbonyl (C=O) groups is 2. The van der Waals surface area contributed by atoms with Crippen molar-refractivity contribution < 1.29 is 9.59 Å². The maximum Gasteiger partial charge on any atom is 0.315 e. The Kier molecular flexibility index (Phi) is 6.25. The van der Waals surface area contributed by atoms with E-state index in [1.807, 2.05) is 6.07 Å². The van der Waals surface area contributed by atoms with E-state index >= 15 is 0 Å². The van der Waals surface area contributed by atoms with Crippen LogP contribution in [0.1, 0.15) is 39.7 Å². The van der Waals surface area contributed by atoms with Gasteiger partial charge in [0.25, 0.3) is 0 Å². The highest BCUT2D eigenvalue weighted by molar-refractivity contribution is 7.10. The molecule has 0 saturated carbocycles. The topological polar surface area (TPSA) is 87.5 Å². The molecule has 3 amide bonds. The first-order chi connectivity index (χ1) is 12.6. The molecule has 1 aromatic heterocycles. The van der Waals surface area contributed by atoms with Crippen molar-refractivity contribution in [1.82, 2.24) is 15.5 Å². The molecule has 0 aliphatic carbocycles. The number of nitrogens with one attached hydrogen (secondary N) is 2. The van der Waals surface area contributed by atoms with Gasteiger partial charge in [-0.05, 0) is 55.1 Å². The molecule has 1 aliphatic heterocycles. The summed E-state index contributed by atoms with van der Waals surface area (Å²) in [6.07, 6.45) is 2.43. The van der Waals surface area contributed by atoms with Gasteiger partial charge in [0.05, 0.1) is 6.04 Å². The number of carbonyl (C=O) groups excluding carboxylic acids is 2. The SMILES string of the molecule is NC(=O)c1cccc(CNC(=O)NCC(c2cccs2)N2CCCC2)c1. The average molecular weight is 372 g/mol. The Bertz CT molecular complexity index is 742. The van der Waals surface area contributed by atoms with Gasteiger partial charge >= 0.3 is 6.03 Å². The number of nitrogens with zero attached hydrogens (tertiary/aromatic N) is 1. The van der Waals surface area contributed by atoms with E-state index in [9.17, 15) is 9.59 Å². The number of primary amides is 1. The minimum absolute atomic E-state index is 0.213. The van der Waals surface area contributed by atoms with Crippen LogP contribution in [0.2, 0.25) is 0 Å². The molecule has 1 aromatic carbocycles. The van der Waals surface area contributed by atoms with Crippen LogP contribution in [-0.4, -0.2) is 36.5 Å². The summed E-state index contributed by atoms with van der Waals surface area (Å²) in [5.41, 5.74) is 6.56. The van der Waals surface area contributed by atoms with Gasteiger partial charge in [0.15, 0.2) is 0 Å². The van der Waals surface area contributed by atoms with Crippen LogP contribution < -0.4 is 16.4 Å². The summed E-state index contributed by atoms with van der Waals surface area (Å²) in [6.45, 7) is 3.07. The number of amides is 3. The molecule has 4 N–H and O–H groups in total. The predicted molar refractivity (Wildman–Crippen MR) is 103 cm³/mol. The lowest BCUT2D eigenvalue weighted by Crippen LogP contribution is -2.41. The molecule has 6 nitrogen and oxygen atoms in total. The molecule has 7 heteroatoms. The summed E-state index contributed by atoms with van der Waals surface area (Å²) < 4.78 is 0. The van der Waals surface area contributed by atoms with Crippen LogP contribution in [0.5, 0.6) is 0 Å². The molecule has 3 rings (SSSR count). The van der Waals surface area contributed by atoms with E-state index in [1.54, 1.807) is 29.5 Å². The number of rotatable bonds is 7. The van der Waals surface area contributed by atoms with Crippen LogP contribution in [0.3, 0.4) is 0 Å². The zero-order valence-electron chi connectivity index (χ0n) is 14.6. The fraction of sp³-hybridized carbons (Fsp3) is 0.368. The first-order valence-corrected chi connectivity index (χ1v) is 9.69. The van der Waals surface area contributed by atoms with Gasteiger partial charge in [-0.25, -0.2) is 4.79 Å². The van der Waals surface area contributed by atoms with Gasteiger partial charge in [-0.2, -0.15) is 0 Å². The van der Waals surface area contributed by atoms with Crippen LogP contribution in [0, 0.1) is 0 Å². The molecule has 1 fully saturated rings. The molecule has 0 radical (unpaired) electrons. The molecule has 2 heterocycles. The molecule has 1 atom stereocenters. The second-order valence-electron chi connectivity index (χ2n) is 6.40. The summed E-state index contributed by atoms with van der Waals surface area (Å²) in [6, 6.07) is 11.2. The highest BCUT2D eigenvalue weighted by Crippen LogP contribution is 2.27. The Morgan fingerprint density at radius 3 is 2.65 bits per heavy atom. The third-order valence-corrected chi connectivity index (χ3v) is 5.55. The summed E-state index contributed by atoms with van der Waals surface area (Å²) in [4.78, 5) is 27.1. The van der Waals surface area contributed by atoms with Gasteiger partial charge in [0, 0.05) is 23.5 Å². The molecule has 0 bridgehead atoms. The number of nitrogens with two attached hydrogens (primary N) is 1. The fourth-order valence-electron chi connectivity index (χ4n) is 3.21. The van der Waals surface area contributed by atoms with Crippen LogP contribution in [0.4, 0.5) is 4.79 Å². The number of hydrogen-bond donors (Lipinski definition) is 3. The monoisotopic (exact) mass is 372 g/mol. The molecule has 138 valence electrons. The molecule has 1 saturated heterocycles. The second kappa shape index (κ2) is 8.82. The van der Waals surface area contributed by atoms with Crippen LogP contribution >= 0.6 is 11.3 Å². The Hall–Kier alpha value is -2.38. The summed E-state index contributed by atoms with van der Waals surface area (Å²) >= 11 is 1.73. The first kappa shape index (κ1) is 18.4. The molecule has 1 aliphatic rings. The lowest BCUT2D eigenvalue weighted by molar-refractivity contribution is 0.1000. The van der Waals surface area contributed by atoms with Crippen molar-refractivity contribution in [3.63, 3.8) is 0 Å². The number of likely N-dealkylation sites (tertiary alicyclic amines) is 1. The normalized spacial score (nSPS) is 15.5. The highest BCUT2D eigenvalue weighted by atomic mass is 32.1. The molecule has 0 spiro atoms. The largest absolute Gasteiger partial charge is 0.366 e. The van der Waals surface area contributed by atoms with Crippen molar-refractivity contribution in [3.05, 3.63) is 57.8 Å². The smallest absolute Gasteiger partial charge is 0.315 e. The lowest BCUT2D eigenvalue weighted by atomic mass is 10.1. The van der Waals surface area contributed by atoms with Gasteiger partial charge < -0.3 is 16.4 Å². The van der Waals surface area contributed by atoms with Crippen molar-refractivity contribution in [2.24, 2.45) is 5.73 Å². The molecule has 2 aromatic rings. The summed E-state index contributed by atoms with van der Waals surface area (Å²) in [5.74, 6) is -0.472. The van der Waals surface area contributed by atoms with Crippen molar-refractivity contribution in [1.29, 1.82) is 0 Å². The van der Waals surface area contributed by atoms with E-state index in [4.69, 9.17) is 5.73 Å². The summed E-state index contributed by atoms with van der Waals surface area (Å²) in [7, 11) is 0. The number of urea groups is 1. The van der Waals surface area contributed by atoms with Crippen molar-refractivity contribution >= 4 is 23.3 Å². The maximum absolute atomic E-state index is 12.2. The molecular weight excluding hydrogens is 348 g/mol. The average Bonchev–Trinajstić information content (AvgIpc) is 3.35. The van der Waals surface area contributed by atoms with E-state index in [2.05, 4.69) is 33.0 Å². The van der Waals surface area contributed by atoms with Gasteiger partial charge in [0.1, 0.15) is 0 Å². The molecule has 26 heavy (non-hydrogen) atoms. The maximum atomic E-state index is 12.2. The minimum atomic E-state index is -0.472. The van der Waals surface area contributed by atoms with Crippen molar-refractivity contribution in [3.8, 4) is 0 Å². The molecular formula is C19H24N4O2S. The number of benzene rings is 1.